The third kappa shape index (κ3) is 4.26. The minimum absolute atomic E-state index is 0.151. The van der Waals surface area contributed by atoms with Crippen LogP contribution in [0.2, 0.25) is 0 Å². The summed E-state index contributed by atoms with van der Waals surface area (Å²) in [5.41, 5.74) is 5.11. The zero-order valence-electron chi connectivity index (χ0n) is 18.3. The number of carbonyl (C=O) groups excluding carboxylic acids is 2. The molecule has 5 rings (SSSR count). The molecule has 31 heavy (non-hydrogen) atoms. The first-order valence-corrected chi connectivity index (χ1v) is 11.8. The Kier molecular flexibility index (Phi) is 5.56. The summed E-state index contributed by atoms with van der Waals surface area (Å²) in [5.74, 6) is 0.460. The summed E-state index contributed by atoms with van der Waals surface area (Å²) >= 11 is 0. The molecule has 2 heterocycles. The minimum Gasteiger partial charge on any atom is -0.338 e. The lowest BCUT2D eigenvalue weighted by Gasteiger charge is -2.36. The molecule has 4 heteroatoms. The van der Waals surface area contributed by atoms with Crippen molar-refractivity contribution in [3.63, 3.8) is 0 Å². The lowest BCUT2D eigenvalue weighted by molar-refractivity contribution is -0.138. The quantitative estimate of drug-likeness (QED) is 0.736. The Bertz CT molecular complexity index is 903. The van der Waals surface area contributed by atoms with Gasteiger partial charge in [-0.15, -0.1) is 0 Å². The predicted octanol–water partition coefficient (Wildman–Crippen LogP) is 4.50. The van der Waals surface area contributed by atoms with Gasteiger partial charge in [-0.2, -0.15) is 0 Å². The second-order valence-corrected chi connectivity index (χ2v) is 9.73. The highest BCUT2D eigenvalue weighted by molar-refractivity contribution is 5.81. The molecular formula is C27H32N2O2. The number of hydrogen-bond acceptors (Lipinski definition) is 2. The number of carbonyl (C=O) groups is 2. The highest BCUT2D eigenvalue weighted by atomic mass is 16.2. The number of amides is 2. The maximum atomic E-state index is 13.3. The molecule has 0 aromatic heterocycles. The monoisotopic (exact) mass is 416 g/mol. The molecule has 1 fully saturated rings. The Morgan fingerprint density at radius 2 is 1.10 bits per heavy atom. The molecule has 3 aliphatic rings. The second kappa shape index (κ2) is 8.49. The summed E-state index contributed by atoms with van der Waals surface area (Å²) in [7, 11) is 0. The minimum atomic E-state index is -0.151. The van der Waals surface area contributed by atoms with E-state index < -0.39 is 0 Å². The van der Waals surface area contributed by atoms with Crippen LogP contribution in [-0.4, -0.2) is 34.7 Å². The number of rotatable bonds is 4. The standard InChI is InChI=1S/C27H32N2O2/c30-25(28-15-11-21-7-1-3-9-23(21)19-28)17-27(13-5-6-14-27)18-26(31)29-16-12-22-8-2-4-10-24(22)20-29/h1-4,7-10H,5-6,11-20H2. The Morgan fingerprint density at radius 1 is 0.677 bits per heavy atom. The van der Waals surface area contributed by atoms with Crippen LogP contribution in [-0.2, 0) is 35.5 Å². The molecule has 0 spiro atoms. The maximum Gasteiger partial charge on any atom is 0.223 e. The average Bonchev–Trinajstić information content (AvgIpc) is 3.26. The van der Waals surface area contributed by atoms with Gasteiger partial charge in [-0.05, 0) is 53.4 Å². The van der Waals surface area contributed by atoms with E-state index in [1.165, 1.54) is 22.3 Å². The van der Waals surface area contributed by atoms with Crippen LogP contribution in [0.25, 0.3) is 0 Å². The van der Waals surface area contributed by atoms with Crippen molar-refractivity contribution < 1.29 is 9.59 Å². The van der Waals surface area contributed by atoms with Crippen LogP contribution in [0, 0.1) is 5.41 Å². The van der Waals surface area contributed by atoms with Crippen LogP contribution in [0.3, 0.4) is 0 Å². The summed E-state index contributed by atoms with van der Waals surface area (Å²) in [6.07, 6.45) is 7.16. The third-order valence-electron chi connectivity index (χ3n) is 7.68. The van der Waals surface area contributed by atoms with E-state index in [1.807, 2.05) is 9.80 Å². The van der Waals surface area contributed by atoms with Crippen LogP contribution in [0.5, 0.6) is 0 Å². The van der Waals surface area contributed by atoms with E-state index in [2.05, 4.69) is 48.5 Å². The lowest BCUT2D eigenvalue weighted by Crippen LogP contribution is -2.42. The molecule has 1 aliphatic carbocycles. The largest absolute Gasteiger partial charge is 0.338 e. The maximum absolute atomic E-state index is 13.3. The van der Waals surface area contributed by atoms with Crippen molar-refractivity contribution in [2.24, 2.45) is 5.41 Å². The van der Waals surface area contributed by atoms with Crippen molar-refractivity contribution in [3.05, 3.63) is 70.8 Å². The number of hydrogen-bond donors (Lipinski definition) is 0. The molecule has 2 aromatic carbocycles. The van der Waals surface area contributed by atoms with Crippen molar-refractivity contribution in [3.8, 4) is 0 Å². The molecule has 2 amide bonds. The van der Waals surface area contributed by atoms with Crippen LogP contribution < -0.4 is 0 Å². The molecule has 0 N–H and O–H groups in total. The van der Waals surface area contributed by atoms with Crippen LogP contribution >= 0.6 is 0 Å². The molecule has 2 aromatic rings. The highest BCUT2D eigenvalue weighted by Gasteiger charge is 2.40. The Balaban J connectivity index is 1.25. The highest BCUT2D eigenvalue weighted by Crippen LogP contribution is 2.45. The van der Waals surface area contributed by atoms with Gasteiger partial charge >= 0.3 is 0 Å². The Labute approximate surface area is 185 Å². The van der Waals surface area contributed by atoms with E-state index in [1.54, 1.807) is 0 Å². The van der Waals surface area contributed by atoms with Gasteiger partial charge in [-0.3, -0.25) is 9.59 Å². The number of nitrogens with zero attached hydrogens (tertiary/aromatic N) is 2. The average molecular weight is 417 g/mol. The van der Waals surface area contributed by atoms with Gasteiger partial charge in [-0.25, -0.2) is 0 Å². The number of benzene rings is 2. The van der Waals surface area contributed by atoms with Crippen LogP contribution in [0.4, 0.5) is 0 Å². The molecule has 0 radical (unpaired) electrons. The van der Waals surface area contributed by atoms with Crippen LogP contribution in [0.1, 0.15) is 60.8 Å². The van der Waals surface area contributed by atoms with Crippen molar-refractivity contribution in [2.75, 3.05) is 13.1 Å². The fourth-order valence-corrected chi connectivity index (χ4v) is 5.82. The molecule has 0 bridgehead atoms. The van der Waals surface area contributed by atoms with E-state index in [-0.39, 0.29) is 17.2 Å². The summed E-state index contributed by atoms with van der Waals surface area (Å²) in [4.78, 5) is 30.6. The molecule has 0 unspecified atom stereocenters. The van der Waals surface area contributed by atoms with E-state index in [4.69, 9.17) is 0 Å². The van der Waals surface area contributed by atoms with Crippen molar-refractivity contribution in [1.82, 2.24) is 9.80 Å². The van der Waals surface area contributed by atoms with Gasteiger partial charge in [0.1, 0.15) is 0 Å². The third-order valence-corrected chi connectivity index (χ3v) is 7.68. The van der Waals surface area contributed by atoms with Gasteiger partial charge in [0.15, 0.2) is 0 Å². The SMILES string of the molecule is O=C(CC1(CC(=O)N2CCc3ccccc3C2)CCCC1)N1CCc2ccccc2C1. The van der Waals surface area contributed by atoms with Crippen molar-refractivity contribution in [1.29, 1.82) is 0 Å². The van der Waals surface area contributed by atoms with Gasteiger partial charge in [0.05, 0.1) is 0 Å². The Morgan fingerprint density at radius 3 is 1.55 bits per heavy atom. The van der Waals surface area contributed by atoms with E-state index in [0.29, 0.717) is 25.9 Å². The fourth-order valence-electron chi connectivity index (χ4n) is 5.82. The second-order valence-electron chi connectivity index (χ2n) is 9.73. The Hall–Kier alpha value is -2.62. The lowest BCUT2D eigenvalue weighted by atomic mass is 9.78. The zero-order chi connectivity index (χ0) is 21.3. The first-order chi connectivity index (χ1) is 15.1. The van der Waals surface area contributed by atoms with Gasteiger partial charge in [0.2, 0.25) is 11.8 Å². The molecule has 162 valence electrons. The molecular weight excluding hydrogens is 384 g/mol. The predicted molar refractivity (Wildman–Crippen MR) is 121 cm³/mol. The van der Waals surface area contributed by atoms with E-state index in [9.17, 15) is 9.59 Å². The zero-order valence-corrected chi connectivity index (χ0v) is 18.3. The number of fused-ring (bicyclic) bond motifs is 2. The summed E-state index contributed by atoms with van der Waals surface area (Å²) in [6.45, 7) is 3.01. The molecule has 1 saturated carbocycles. The molecule has 0 atom stereocenters. The van der Waals surface area contributed by atoms with E-state index >= 15 is 0 Å². The topological polar surface area (TPSA) is 40.6 Å². The van der Waals surface area contributed by atoms with Gasteiger partial charge in [0, 0.05) is 39.0 Å². The van der Waals surface area contributed by atoms with E-state index in [0.717, 1.165) is 51.6 Å². The van der Waals surface area contributed by atoms with Crippen LogP contribution in [0.15, 0.2) is 48.5 Å². The fraction of sp³-hybridized carbons (Fsp3) is 0.481. The normalized spacial score (nSPS) is 19.6. The summed E-state index contributed by atoms with van der Waals surface area (Å²) < 4.78 is 0. The molecule has 2 aliphatic heterocycles. The summed E-state index contributed by atoms with van der Waals surface area (Å²) in [6, 6.07) is 16.9. The van der Waals surface area contributed by atoms with Crippen molar-refractivity contribution in [2.45, 2.75) is 64.5 Å². The molecule has 0 saturated heterocycles. The smallest absolute Gasteiger partial charge is 0.223 e. The molecule has 4 nitrogen and oxygen atoms in total. The first-order valence-electron chi connectivity index (χ1n) is 11.8. The van der Waals surface area contributed by atoms with Gasteiger partial charge < -0.3 is 9.80 Å². The van der Waals surface area contributed by atoms with Gasteiger partial charge in [-0.1, -0.05) is 61.4 Å². The first kappa shape index (κ1) is 20.3. The summed E-state index contributed by atoms with van der Waals surface area (Å²) in [5, 5.41) is 0. The van der Waals surface area contributed by atoms with Crippen molar-refractivity contribution >= 4 is 11.8 Å². The van der Waals surface area contributed by atoms with Gasteiger partial charge in [0.25, 0.3) is 0 Å².